The van der Waals surface area contributed by atoms with Gasteiger partial charge in [0.2, 0.25) is 0 Å². The van der Waals surface area contributed by atoms with E-state index in [-0.39, 0.29) is 16.3 Å². The van der Waals surface area contributed by atoms with Crippen LogP contribution in [0, 0.1) is 0 Å². The molecule has 0 atom stereocenters. The van der Waals surface area contributed by atoms with Crippen LogP contribution in [0.4, 0.5) is 18.9 Å². The number of piperazine rings is 1. The quantitative estimate of drug-likeness (QED) is 0.635. The van der Waals surface area contributed by atoms with Gasteiger partial charge in [-0.25, -0.2) is 0 Å². The zero-order valence-electron chi connectivity index (χ0n) is 15.8. The minimum atomic E-state index is -4.50. The van der Waals surface area contributed by atoms with Crippen LogP contribution in [0.2, 0.25) is 5.02 Å². The molecular weight excluding hydrogens is 401 g/mol. The second kappa shape index (κ2) is 7.72. The first-order valence-corrected chi connectivity index (χ1v) is 9.66. The van der Waals surface area contributed by atoms with Crippen molar-refractivity contribution >= 4 is 17.3 Å². The van der Waals surface area contributed by atoms with Crippen molar-refractivity contribution in [1.29, 1.82) is 0 Å². The average molecular weight is 421 g/mol. The highest BCUT2D eigenvalue weighted by Crippen LogP contribution is 2.40. The van der Waals surface area contributed by atoms with Crippen molar-refractivity contribution in [3.8, 4) is 22.5 Å². The number of nitrogens with zero attached hydrogens (tertiary/aromatic N) is 3. The van der Waals surface area contributed by atoms with Crippen LogP contribution < -0.4 is 4.90 Å². The van der Waals surface area contributed by atoms with Crippen molar-refractivity contribution in [3.05, 3.63) is 59.1 Å². The van der Waals surface area contributed by atoms with E-state index in [0.717, 1.165) is 43.5 Å². The average Bonchev–Trinajstić information content (AvgIpc) is 3.17. The number of hydrogen-bond acceptors (Lipinski definition) is 3. The van der Waals surface area contributed by atoms with Crippen LogP contribution in [-0.2, 0) is 6.18 Å². The Morgan fingerprint density at radius 1 is 1.00 bits per heavy atom. The van der Waals surface area contributed by atoms with E-state index >= 15 is 0 Å². The molecule has 8 heteroatoms. The Kier molecular flexibility index (Phi) is 5.27. The molecule has 0 unspecified atom stereocenters. The number of nitrogens with one attached hydrogen (secondary N) is 1. The van der Waals surface area contributed by atoms with Crippen molar-refractivity contribution in [2.75, 3.05) is 38.1 Å². The molecule has 2 heterocycles. The maximum atomic E-state index is 13.4. The molecular formula is C21H20ClF3N4. The summed E-state index contributed by atoms with van der Waals surface area (Å²) >= 11 is 6.09. The van der Waals surface area contributed by atoms with Crippen molar-refractivity contribution in [2.45, 2.75) is 6.18 Å². The molecule has 1 aromatic heterocycles. The van der Waals surface area contributed by atoms with Crippen molar-refractivity contribution in [3.63, 3.8) is 0 Å². The van der Waals surface area contributed by atoms with Crippen LogP contribution in [0.5, 0.6) is 0 Å². The predicted molar refractivity (Wildman–Crippen MR) is 109 cm³/mol. The summed E-state index contributed by atoms with van der Waals surface area (Å²) in [4.78, 5) is 4.61. The van der Waals surface area contributed by atoms with Gasteiger partial charge in [-0.3, -0.25) is 5.10 Å². The summed E-state index contributed by atoms with van der Waals surface area (Å²) in [5.74, 6) is 0. The minimum absolute atomic E-state index is 0.0282. The number of hydrogen-bond donors (Lipinski definition) is 1. The number of alkyl halides is 3. The van der Waals surface area contributed by atoms with Crippen LogP contribution in [0.15, 0.2) is 48.5 Å². The lowest BCUT2D eigenvalue weighted by atomic mass is 10.0. The third-order valence-corrected chi connectivity index (χ3v) is 5.51. The summed E-state index contributed by atoms with van der Waals surface area (Å²) in [6.45, 7) is 3.97. The highest BCUT2D eigenvalue weighted by atomic mass is 35.5. The molecule has 4 rings (SSSR count). The zero-order chi connectivity index (χ0) is 20.6. The van der Waals surface area contributed by atoms with Crippen LogP contribution in [0.3, 0.4) is 0 Å². The number of anilines is 1. The first-order chi connectivity index (χ1) is 13.8. The normalized spacial score (nSPS) is 15.7. The first-order valence-electron chi connectivity index (χ1n) is 9.28. The molecule has 0 bridgehead atoms. The van der Waals surface area contributed by atoms with Gasteiger partial charge < -0.3 is 9.80 Å². The number of rotatable bonds is 3. The molecule has 152 valence electrons. The fourth-order valence-corrected chi connectivity index (χ4v) is 3.82. The number of likely N-dealkylation sites (N-methyl/N-ethyl adjacent to an activating group) is 1. The first kappa shape index (κ1) is 19.8. The fraction of sp³-hybridized carbons (Fsp3) is 0.286. The molecule has 1 saturated heterocycles. The van der Waals surface area contributed by atoms with E-state index in [1.165, 1.54) is 12.1 Å². The predicted octanol–water partition coefficient (Wildman–Crippen LogP) is 5.17. The number of aromatic nitrogens is 2. The molecule has 0 spiro atoms. The van der Waals surface area contributed by atoms with Gasteiger partial charge in [0.1, 0.15) is 0 Å². The molecule has 0 aliphatic carbocycles. The Morgan fingerprint density at radius 3 is 2.34 bits per heavy atom. The van der Waals surface area contributed by atoms with Gasteiger partial charge in [0.15, 0.2) is 0 Å². The summed E-state index contributed by atoms with van der Waals surface area (Å²) in [5, 5.41) is 6.94. The lowest BCUT2D eigenvalue weighted by molar-refractivity contribution is -0.137. The molecule has 1 aliphatic rings. The van der Waals surface area contributed by atoms with E-state index in [9.17, 15) is 13.2 Å². The number of aromatic amines is 1. The van der Waals surface area contributed by atoms with E-state index in [2.05, 4.69) is 27.0 Å². The van der Waals surface area contributed by atoms with E-state index < -0.39 is 11.7 Å². The SMILES string of the molecule is CN1CCN(c2ccc(-c3cc(-c4c(Cl)cccc4C(F)(F)F)[nH]n3)cc2)CC1. The van der Waals surface area contributed by atoms with Gasteiger partial charge in [-0.1, -0.05) is 29.8 Å². The van der Waals surface area contributed by atoms with E-state index in [1.807, 2.05) is 24.3 Å². The Morgan fingerprint density at radius 2 is 1.69 bits per heavy atom. The Bertz CT molecular complexity index is 990. The molecule has 1 aliphatic heterocycles. The van der Waals surface area contributed by atoms with Crippen LogP contribution in [-0.4, -0.2) is 48.3 Å². The summed E-state index contributed by atoms with van der Waals surface area (Å²) < 4.78 is 40.2. The standard InChI is InChI=1S/C21H20ClF3N4/c1-28-9-11-29(12-10-28)15-7-5-14(6-8-15)18-13-19(27-26-18)20-16(21(23,24)25)3-2-4-17(20)22/h2-8,13H,9-12H2,1H3,(H,26,27). The molecule has 3 aromatic rings. The number of benzene rings is 2. The maximum Gasteiger partial charge on any atom is 0.417 e. The van der Waals surface area contributed by atoms with Gasteiger partial charge in [0.25, 0.3) is 0 Å². The number of halogens is 4. The molecule has 29 heavy (non-hydrogen) atoms. The lowest BCUT2D eigenvalue weighted by Crippen LogP contribution is -2.44. The van der Waals surface area contributed by atoms with Crippen molar-refractivity contribution in [1.82, 2.24) is 15.1 Å². The van der Waals surface area contributed by atoms with E-state index in [0.29, 0.717) is 5.69 Å². The van der Waals surface area contributed by atoms with Crippen LogP contribution in [0.1, 0.15) is 5.56 Å². The van der Waals surface area contributed by atoms with Gasteiger partial charge in [-0.15, -0.1) is 0 Å². The van der Waals surface area contributed by atoms with Gasteiger partial charge in [-0.2, -0.15) is 18.3 Å². The summed E-state index contributed by atoms with van der Waals surface area (Å²) in [7, 11) is 2.11. The van der Waals surface area contributed by atoms with Crippen molar-refractivity contribution in [2.24, 2.45) is 0 Å². The second-order valence-corrected chi connectivity index (χ2v) is 7.57. The monoisotopic (exact) mass is 420 g/mol. The van der Waals surface area contributed by atoms with Crippen LogP contribution >= 0.6 is 11.6 Å². The molecule has 2 aromatic carbocycles. The van der Waals surface area contributed by atoms with Crippen molar-refractivity contribution < 1.29 is 13.2 Å². The fourth-order valence-electron chi connectivity index (χ4n) is 3.54. The Hall–Kier alpha value is -2.51. The summed E-state index contributed by atoms with van der Waals surface area (Å²) in [6.07, 6.45) is -4.50. The lowest BCUT2D eigenvalue weighted by Gasteiger charge is -2.34. The molecule has 1 fully saturated rings. The molecule has 0 amide bonds. The van der Waals surface area contributed by atoms with Gasteiger partial charge in [0.05, 0.1) is 22.0 Å². The van der Waals surface area contributed by atoms with Gasteiger partial charge in [-0.05, 0) is 37.4 Å². The minimum Gasteiger partial charge on any atom is -0.369 e. The summed E-state index contributed by atoms with van der Waals surface area (Å²) in [5.41, 5.74) is 1.88. The van der Waals surface area contributed by atoms with E-state index in [1.54, 1.807) is 6.07 Å². The highest BCUT2D eigenvalue weighted by Gasteiger charge is 2.35. The third kappa shape index (κ3) is 4.11. The third-order valence-electron chi connectivity index (χ3n) is 5.20. The molecule has 0 radical (unpaired) electrons. The van der Waals surface area contributed by atoms with E-state index in [4.69, 9.17) is 11.6 Å². The molecule has 1 N–H and O–H groups in total. The van der Waals surface area contributed by atoms with Gasteiger partial charge >= 0.3 is 6.18 Å². The molecule has 0 saturated carbocycles. The maximum absolute atomic E-state index is 13.4. The Balaban J connectivity index is 1.61. The Labute approximate surface area is 171 Å². The van der Waals surface area contributed by atoms with Gasteiger partial charge in [0, 0.05) is 43.0 Å². The largest absolute Gasteiger partial charge is 0.417 e. The zero-order valence-corrected chi connectivity index (χ0v) is 16.6. The smallest absolute Gasteiger partial charge is 0.369 e. The number of H-pyrrole nitrogens is 1. The topological polar surface area (TPSA) is 35.2 Å². The second-order valence-electron chi connectivity index (χ2n) is 7.16. The molecule has 4 nitrogen and oxygen atoms in total. The summed E-state index contributed by atoms with van der Waals surface area (Å²) in [6, 6.07) is 13.3. The van der Waals surface area contributed by atoms with Crippen LogP contribution in [0.25, 0.3) is 22.5 Å². The highest BCUT2D eigenvalue weighted by molar-refractivity contribution is 6.33.